The van der Waals surface area contributed by atoms with Gasteiger partial charge in [-0.15, -0.1) is 0 Å². The zero-order chi connectivity index (χ0) is 21.3. The summed E-state index contributed by atoms with van der Waals surface area (Å²) in [5, 5.41) is 5.28. The van der Waals surface area contributed by atoms with Gasteiger partial charge in [0.2, 0.25) is 0 Å². The first-order valence-electron chi connectivity index (χ1n) is 10.8. The van der Waals surface area contributed by atoms with Crippen molar-refractivity contribution >= 4 is 40.5 Å². The molecule has 0 aliphatic rings. The summed E-state index contributed by atoms with van der Waals surface area (Å²) in [6.07, 6.45) is 6.23. The van der Waals surface area contributed by atoms with E-state index in [4.69, 9.17) is 21.6 Å². The molecule has 0 saturated heterocycles. The van der Waals surface area contributed by atoms with E-state index in [0.717, 1.165) is 54.8 Å². The molecular formula is C25H31ClN4. The molecule has 158 valence electrons. The fourth-order valence-corrected chi connectivity index (χ4v) is 3.67. The van der Waals surface area contributed by atoms with Crippen LogP contribution in [0.1, 0.15) is 45.0 Å². The third-order valence-electron chi connectivity index (χ3n) is 5.29. The summed E-state index contributed by atoms with van der Waals surface area (Å²) in [5.74, 6) is 1.53. The first kappa shape index (κ1) is 22.3. The van der Waals surface area contributed by atoms with E-state index >= 15 is 0 Å². The average molecular weight is 423 g/mol. The summed E-state index contributed by atoms with van der Waals surface area (Å²) in [4.78, 5) is 12.0. The SMILES string of the molecule is CCN(CC)CCCC(C)Nc1nc(/C=C/c2ccccc2)nc2cc(Cl)ccc12. The molecule has 0 aliphatic heterocycles. The Hall–Kier alpha value is -2.43. The number of benzene rings is 2. The zero-order valence-corrected chi connectivity index (χ0v) is 18.9. The van der Waals surface area contributed by atoms with Crippen LogP contribution in [0.4, 0.5) is 5.82 Å². The number of nitrogens with zero attached hydrogens (tertiary/aromatic N) is 3. The Bertz CT molecular complexity index is 968. The number of hydrogen-bond acceptors (Lipinski definition) is 4. The summed E-state index contributed by atoms with van der Waals surface area (Å²) >= 11 is 6.22. The number of hydrogen-bond donors (Lipinski definition) is 1. The smallest absolute Gasteiger partial charge is 0.154 e. The van der Waals surface area contributed by atoms with Gasteiger partial charge in [-0.05, 0) is 69.2 Å². The summed E-state index contributed by atoms with van der Waals surface area (Å²) in [7, 11) is 0. The lowest BCUT2D eigenvalue weighted by Crippen LogP contribution is -2.25. The second-order valence-corrected chi connectivity index (χ2v) is 7.99. The molecule has 5 heteroatoms. The number of anilines is 1. The van der Waals surface area contributed by atoms with Gasteiger partial charge in [0, 0.05) is 16.5 Å². The Kier molecular flexibility index (Phi) is 8.23. The molecule has 0 aliphatic carbocycles. The molecule has 0 bridgehead atoms. The summed E-state index contributed by atoms with van der Waals surface area (Å²) in [5.41, 5.74) is 1.97. The van der Waals surface area contributed by atoms with Gasteiger partial charge in [-0.3, -0.25) is 0 Å². The van der Waals surface area contributed by atoms with Crippen LogP contribution < -0.4 is 5.32 Å². The van der Waals surface area contributed by atoms with Crippen LogP contribution in [0.3, 0.4) is 0 Å². The summed E-state index contributed by atoms with van der Waals surface area (Å²) < 4.78 is 0. The van der Waals surface area contributed by atoms with E-state index in [-0.39, 0.29) is 0 Å². The fourth-order valence-electron chi connectivity index (χ4n) is 3.51. The highest BCUT2D eigenvalue weighted by atomic mass is 35.5. The van der Waals surface area contributed by atoms with Crippen molar-refractivity contribution in [3.8, 4) is 0 Å². The molecule has 3 aromatic rings. The molecule has 0 amide bonds. The van der Waals surface area contributed by atoms with Gasteiger partial charge in [-0.1, -0.05) is 61.9 Å². The minimum atomic E-state index is 0.320. The minimum Gasteiger partial charge on any atom is -0.367 e. The van der Waals surface area contributed by atoms with Crippen molar-refractivity contribution in [1.82, 2.24) is 14.9 Å². The van der Waals surface area contributed by atoms with Crippen LogP contribution in [0.5, 0.6) is 0 Å². The normalized spacial score (nSPS) is 12.7. The summed E-state index contributed by atoms with van der Waals surface area (Å²) in [6.45, 7) is 9.98. The minimum absolute atomic E-state index is 0.320. The molecule has 4 nitrogen and oxygen atoms in total. The van der Waals surface area contributed by atoms with E-state index in [1.165, 1.54) is 0 Å². The first-order chi connectivity index (χ1) is 14.6. The van der Waals surface area contributed by atoms with E-state index < -0.39 is 0 Å². The predicted molar refractivity (Wildman–Crippen MR) is 130 cm³/mol. The molecule has 30 heavy (non-hydrogen) atoms. The quantitative estimate of drug-likeness (QED) is 0.411. The molecule has 0 spiro atoms. The van der Waals surface area contributed by atoms with Crippen molar-refractivity contribution in [3.63, 3.8) is 0 Å². The molecule has 1 heterocycles. The van der Waals surface area contributed by atoms with Crippen LogP contribution in [0, 0.1) is 0 Å². The van der Waals surface area contributed by atoms with Crippen LogP contribution in [-0.2, 0) is 0 Å². The van der Waals surface area contributed by atoms with Gasteiger partial charge in [0.15, 0.2) is 5.82 Å². The van der Waals surface area contributed by atoms with E-state index in [1.807, 2.05) is 48.6 Å². The topological polar surface area (TPSA) is 41.0 Å². The molecule has 2 aromatic carbocycles. The second-order valence-electron chi connectivity index (χ2n) is 7.55. The van der Waals surface area contributed by atoms with Crippen LogP contribution in [0.15, 0.2) is 48.5 Å². The Morgan fingerprint density at radius 2 is 1.80 bits per heavy atom. The van der Waals surface area contributed by atoms with Crippen LogP contribution in [-0.4, -0.2) is 40.5 Å². The maximum atomic E-state index is 6.22. The van der Waals surface area contributed by atoms with Gasteiger partial charge < -0.3 is 10.2 Å². The van der Waals surface area contributed by atoms with Gasteiger partial charge in [-0.2, -0.15) is 0 Å². The number of fused-ring (bicyclic) bond motifs is 1. The fraction of sp³-hybridized carbons (Fsp3) is 0.360. The predicted octanol–water partition coefficient (Wildman–Crippen LogP) is 6.38. The van der Waals surface area contributed by atoms with Crippen LogP contribution >= 0.6 is 11.6 Å². The highest BCUT2D eigenvalue weighted by molar-refractivity contribution is 6.31. The number of nitrogens with one attached hydrogen (secondary N) is 1. The molecular weight excluding hydrogens is 392 g/mol. The van der Waals surface area contributed by atoms with Crippen molar-refractivity contribution in [2.45, 2.75) is 39.7 Å². The standard InChI is InChI=1S/C25H31ClN4/c1-4-30(5-2)17-9-10-19(3)27-25-22-15-14-21(26)18-23(22)28-24(29-25)16-13-20-11-7-6-8-12-20/h6-8,11-16,18-19H,4-5,9-10,17H2,1-3H3,(H,27,28,29)/b16-13+. The Balaban J connectivity index is 1.79. The van der Waals surface area contributed by atoms with Crippen LogP contribution in [0.2, 0.25) is 5.02 Å². The molecule has 1 N–H and O–H groups in total. The van der Waals surface area contributed by atoms with E-state index in [9.17, 15) is 0 Å². The third kappa shape index (κ3) is 6.28. The third-order valence-corrected chi connectivity index (χ3v) is 5.52. The zero-order valence-electron chi connectivity index (χ0n) is 18.1. The Morgan fingerprint density at radius 3 is 2.53 bits per heavy atom. The largest absolute Gasteiger partial charge is 0.367 e. The average Bonchev–Trinajstić information content (AvgIpc) is 2.75. The molecule has 0 saturated carbocycles. The van der Waals surface area contributed by atoms with E-state index in [2.05, 4.69) is 43.1 Å². The van der Waals surface area contributed by atoms with Gasteiger partial charge >= 0.3 is 0 Å². The number of halogens is 1. The monoisotopic (exact) mass is 422 g/mol. The molecule has 0 radical (unpaired) electrons. The lowest BCUT2D eigenvalue weighted by molar-refractivity contribution is 0.295. The molecule has 1 aromatic heterocycles. The van der Waals surface area contributed by atoms with Crippen LogP contribution in [0.25, 0.3) is 23.1 Å². The van der Waals surface area contributed by atoms with E-state index in [1.54, 1.807) is 0 Å². The van der Waals surface area contributed by atoms with Crippen molar-refractivity contribution in [2.75, 3.05) is 25.0 Å². The highest BCUT2D eigenvalue weighted by Crippen LogP contribution is 2.25. The molecule has 1 unspecified atom stereocenters. The highest BCUT2D eigenvalue weighted by Gasteiger charge is 2.11. The molecule has 0 fully saturated rings. The lowest BCUT2D eigenvalue weighted by atomic mass is 10.1. The molecule has 1 atom stereocenters. The summed E-state index contributed by atoms with van der Waals surface area (Å²) in [6, 6.07) is 16.3. The number of aromatic nitrogens is 2. The van der Waals surface area contributed by atoms with Gasteiger partial charge in [0.25, 0.3) is 0 Å². The Morgan fingerprint density at radius 1 is 1.03 bits per heavy atom. The number of rotatable bonds is 10. The van der Waals surface area contributed by atoms with Crippen molar-refractivity contribution in [3.05, 3.63) is 64.9 Å². The molecule has 3 rings (SSSR count). The van der Waals surface area contributed by atoms with E-state index in [0.29, 0.717) is 16.9 Å². The van der Waals surface area contributed by atoms with Crippen molar-refractivity contribution in [2.24, 2.45) is 0 Å². The van der Waals surface area contributed by atoms with Gasteiger partial charge in [-0.25, -0.2) is 9.97 Å². The van der Waals surface area contributed by atoms with Crippen molar-refractivity contribution in [1.29, 1.82) is 0 Å². The van der Waals surface area contributed by atoms with Crippen molar-refractivity contribution < 1.29 is 0 Å². The first-order valence-corrected chi connectivity index (χ1v) is 11.2. The maximum absolute atomic E-state index is 6.22. The van der Waals surface area contributed by atoms with Gasteiger partial charge in [0.05, 0.1) is 5.52 Å². The lowest BCUT2D eigenvalue weighted by Gasteiger charge is -2.20. The van der Waals surface area contributed by atoms with Gasteiger partial charge in [0.1, 0.15) is 5.82 Å². The maximum Gasteiger partial charge on any atom is 0.154 e. The Labute approximate surface area is 185 Å². The second kappa shape index (κ2) is 11.1.